The molecule has 1 heterocycles. The molecule has 1 aromatic rings. The Morgan fingerprint density at radius 2 is 1.75 bits per heavy atom. The van der Waals surface area contributed by atoms with Crippen LogP contribution in [0.2, 0.25) is 0 Å². The Labute approximate surface area is 192 Å². The maximum absolute atomic E-state index is 12.8. The summed E-state index contributed by atoms with van der Waals surface area (Å²) >= 11 is 0. The molecule has 2 fully saturated rings. The van der Waals surface area contributed by atoms with Gasteiger partial charge in [0.05, 0.1) is 32.1 Å². The highest BCUT2D eigenvalue weighted by atomic mass is 32.2. The van der Waals surface area contributed by atoms with Crippen LogP contribution in [-0.2, 0) is 19.5 Å². The van der Waals surface area contributed by atoms with E-state index in [0.717, 1.165) is 44.8 Å². The Morgan fingerprint density at radius 1 is 1.12 bits per heavy atom. The number of carbonyl (C=O) groups is 1. The van der Waals surface area contributed by atoms with E-state index in [1.807, 2.05) is 19.9 Å². The summed E-state index contributed by atoms with van der Waals surface area (Å²) < 4.78 is 38.3. The number of carbonyl (C=O) groups excluding carboxylic acids is 1. The van der Waals surface area contributed by atoms with Crippen molar-refractivity contribution in [3.63, 3.8) is 0 Å². The molecule has 180 valence electrons. The van der Waals surface area contributed by atoms with Crippen molar-refractivity contribution in [2.75, 3.05) is 20.0 Å². The normalized spacial score (nSPS) is 27.9. The van der Waals surface area contributed by atoms with Crippen molar-refractivity contribution in [1.29, 1.82) is 0 Å². The highest BCUT2D eigenvalue weighted by Crippen LogP contribution is 2.41. The summed E-state index contributed by atoms with van der Waals surface area (Å²) in [5, 5.41) is 0. The Morgan fingerprint density at radius 3 is 2.28 bits per heavy atom. The van der Waals surface area contributed by atoms with Gasteiger partial charge in [0.2, 0.25) is 10.0 Å². The van der Waals surface area contributed by atoms with Gasteiger partial charge in [-0.3, -0.25) is 4.90 Å². The molecule has 0 spiro atoms. The third kappa shape index (κ3) is 5.64. The van der Waals surface area contributed by atoms with E-state index in [0.29, 0.717) is 18.9 Å². The maximum atomic E-state index is 12.8. The van der Waals surface area contributed by atoms with Crippen molar-refractivity contribution in [2.24, 2.45) is 0 Å². The molecular formula is C24H38N2O5S. The fourth-order valence-electron chi connectivity index (χ4n) is 5.59. The molecule has 0 radical (unpaired) electrons. The van der Waals surface area contributed by atoms with Crippen molar-refractivity contribution in [2.45, 2.75) is 88.4 Å². The second-order valence-corrected chi connectivity index (χ2v) is 11.0. The van der Waals surface area contributed by atoms with Crippen molar-refractivity contribution in [3.8, 4) is 0 Å². The van der Waals surface area contributed by atoms with Crippen LogP contribution in [0.3, 0.4) is 0 Å². The monoisotopic (exact) mass is 466 g/mol. The molecule has 0 bridgehead atoms. The van der Waals surface area contributed by atoms with Crippen molar-refractivity contribution in [1.82, 2.24) is 9.62 Å². The number of hydrogen-bond acceptors (Lipinski definition) is 5. The zero-order valence-electron chi connectivity index (χ0n) is 19.7. The molecule has 1 aliphatic carbocycles. The van der Waals surface area contributed by atoms with Crippen LogP contribution in [0.1, 0.15) is 70.3 Å². The molecule has 7 nitrogen and oxygen atoms in total. The second kappa shape index (κ2) is 10.5. The average Bonchev–Trinajstić information content (AvgIpc) is 3.10. The summed E-state index contributed by atoms with van der Waals surface area (Å²) in [6, 6.07) is 9.79. The Hall–Kier alpha value is -1.64. The highest BCUT2D eigenvalue weighted by Gasteiger charge is 2.53. The summed E-state index contributed by atoms with van der Waals surface area (Å²) in [5.74, 6) is 0.557. The lowest BCUT2D eigenvalue weighted by molar-refractivity contribution is -0.0196. The molecule has 1 saturated carbocycles. The lowest BCUT2D eigenvalue weighted by Crippen LogP contribution is -2.54. The molecule has 2 aliphatic rings. The van der Waals surface area contributed by atoms with E-state index in [4.69, 9.17) is 9.47 Å². The van der Waals surface area contributed by atoms with Gasteiger partial charge in [-0.25, -0.2) is 17.9 Å². The molecule has 1 aliphatic heterocycles. The quantitative estimate of drug-likeness (QED) is 0.625. The van der Waals surface area contributed by atoms with Crippen LogP contribution in [-0.4, -0.2) is 63.1 Å². The van der Waals surface area contributed by atoms with Gasteiger partial charge in [-0.1, -0.05) is 44.2 Å². The number of amides is 1. The molecule has 3 rings (SSSR count). The molecule has 0 aromatic heterocycles. The standard InChI is InChI=1S/C24H38N2O5S/c1-5-24(6-2)16-21(25-32(4,28)29)22(26(24)23(27)30-3)17-31-20-14-12-19(13-15-20)18-10-8-7-9-11-18/h7-11,19-22,25H,5-6,12-17H2,1-4H3/t19?,20?,21-,22-/m0/s1. The predicted octanol–water partition coefficient (Wildman–Crippen LogP) is 4.05. The first-order chi connectivity index (χ1) is 15.2. The SMILES string of the molecule is CCC1(CC)C[C@H](NS(C)(=O)=O)[C@H](COC2CCC(c3ccccc3)CC2)N1C(=O)OC. The minimum absolute atomic E-state index is 0.117. The number of hydrogen-bond donors (Lipinski definition) is 1. The van der Waals surface area contributed by atoms with Crippen molar-refractivity contribution < 1.29 is 22.7 Å². The van der Waals surface area contributed by atoms with Crippen LogP contribution in [0.25, 0.3) is 0 Å². The Bertz CT molecular complexity index is 848. The number of ether oxygens (including phenoxy) is 2. The number of nitrogens with one attached hydrogen (secondary N) is 1. The molecule has 32 heavy (non-hydrogen) atoms. The van der Waals surface area contributed by atoms with E-state index >= 15 is 0 Å². The first-order valence-electron chi connectivity index (χ1n) is 11.7. The molecular weight excluding hydrogens is 428 g/mol. The summed E-state index contributed by atoms with van der Waals surface area (Å²) in [6.45, 7) is 4.36. The minimum Gasteiger partial charge on any atom is -0.453 e. The molecule has 8 heteroatoms. The van der Waals surface area contributed by atoms with E-state index < -0.39 is 33.7 Å². The molecule has 0 unspecified atom stereocenters. The van der Waals surface area contributed by atoms with Crippen LogP contribution < -0.4 is 4.72 Å². The zero-order valence-corrected chi connectivity index (χ0v) is 20.6. The van der Waals surface area contributed by atoms with Gasteiger partial charge >= 0.3 is 6.09 Å². The van der Waals surface area contributed by atoms with Crippen molar-refractivity contribution >= 4 is 16.1 Å². The summed E-state index contributed by atoms with van der Waals surface area (Å²) in [6.07, 6.45) is 6.91. The van der Waals surface area contributed by atoms with Crippen LogP contribution in [0.4, 0.5) is 4.79 Å². The lowest BCUT2D eigenvalue weighted by atomic mass is 9.83. The number of likely N-dealkylation sites (tertiary alicyclic amines) is 1. The molecule has 1 N–H and O–H groups in total. The number of nitrogens with zero attached hydrogens (tertiary/aromatic N) is 1. The average molecular weight is 467 g/mol. The van der Waals surface area contributed by atoms with Gasteiger partial charge in [-0.15, -0.1) is 0 Å². The molecule has 1 aromatic carbocycles. The van der Waals surface area contributed by atoms with E-state index in [-0.39, 0.29) is 6.10 Å². The molecule has 1 saturated heterocycles. The van der Waals surface area contributed by atoms with Gasteiger partial charge in [0.15, 0.2) is 0 Å². The van der Waals surface area contributed by atoms with Crippen molar-refractivity contribution in [3.05, 3.63) is 35.9 Å². The summed E-state index contributed by atoms with van der Waals surface area (Å²) in [4.78, 5) is 14.5. The first-order valence-corrected chi connectivity index (χ1v) is 13.6. The smallest absolute Gasteiger partial charge is 0.410 e. The van der Waals surface area contributed by atoms with Crippen LogP contribution >= 0.6 is 0 Å². The van der Waals surface area contributed by atoms with E-state index in [9.17, 15) is 13.2 Å². The number of methoxy groups -OCH3 is 1. The van der Waals surface area contributed by atoms with E-state index in [2.05, 4.69) is 29.0 Å². The third-order valence-corrected chi connectivity index (χ3v) is 8.14. The fraction of sp³-hybridized carbons (Fsp3) is 0.708. The second-order valence-electron chi connectivity index (χ2n) is 9.26. The Kier molecular flexibility index (Phi) is 8.22. The van der Waals surface area contributed by atoms with Gasteiger partial charge in [0, 0.05) is 11.6 Å². The lowest BCUT2D eigenvalue weighted by Gasteiger charge is -2.39. The fourth-order valence-corrected chi connectivity index (χ4v) is 6.38. The van der Waals surface area contributed by atoms with Gasteiger partial charge in [-0.05, 0) is 56.4 Å². The van der Waals surface area contributed by atoms with Crippen LogP contribution in [0.5, 0.6) is 0 Å². The summed E-state index contributed by atoms with van der Waals surface area (Å²) in [5.41, 5.74) is 0.931. The first kappa shape index (κ1) is 25.0. The molecule has 2 atom stereocenters. The number of sulfonamides is 1. The number of benzene rings is 1. The summed E-state index contributed by atoms with van der Waals surface area (Å²) in [7, 11) is -2.05. The number of rotatable bonds is 8. The van der Waals surface area contributed by atoms with Crippen LogP contribution in [0.15, 0.2) is 30.3 Å². The largest absolute Gasteiger partial charge is 0.453 e. The Balaban J connectivity index is 1.70. The van der Waals surface area contributed by atoms with Gasteiger partial charge in [0.1, 0.15) is 0 Å². The van der Waals surface area contributed by atoms with E-state index in [1.54, 1.807) is 4.90 Å². The maximum Gasteiger partial charge on any atom is 0.410 e. The predicted molar refractivity (Wildman–Crippen MR) is 125 cm³/mol. The highest BCUT2D eigenvalue weighted by molar-refractivity contribution is 7.88. The van der Waals surface area contributed by atoms with Crippen LogP contribution in [0, 0.1) is 0 Å². The van der Waals surface area contributed by atoms with Gasteiger partial charge in [0.25, 0.3) is 0 Å². The minimum atomic E-state index is -3.43. The third-order valence-electron chi connectivity index (χ3n) is 7.41. The van der Waals surface area contributed by atoms with Gasteiger partial charge in [-0.2, -0.15) is 0 Å². The topological polar surface area (TPSA) is 84.9 Å². The van der Waals surface area contributed by atoms with E-state index in [1.165, 1.54) is 12.7 Å². The van der Waals surface area contributed by atoms with Gasteiger partial charge < -0.3 is 9.47 Å². The molecule has 1 amide bonds. The zero-order chi connectivity index (χ0) is 23.4.